The van der Waals surface area contributed by atoms with Crippen molar-refractivity contribution in [1.82, 2.24) is 15.2 Å². The van der Waals surface area contributed by atoms with Gasteiger partial charge in [-0.3, -0.25) is 23.4 Å². The number of hydrogen-bond acceptors (Lipinski definition) is 22. The van der Waals surface area contributed by atoms with E-state index in [0.29, 0.717) is 12.1 Å². The van der Waals surface area contributed by atoms with Crippen LogP contribution >= 0.6 is 0 Å². The number of aromatic carboxylic acids is 1. The van der Waals surface area contributed by atoms with Gasteiger partial charge in [0.2, 0.25) is 11.7 Å². The number of aromatic amines is 1. The van der Waals surface area contributed by atoms with Gasteiger partial charge in [0, 0.05) is 24.7 Å². The predicted molar refractivity (Wildman–Crippen MR) is 205 cm³/mol. The fraction of sp³-hybridized carbons (Fsp3) is 0.161. The summed E-state index contributed by atoms with van der Waals surface area (Å²) < 4.78 is 115. The number of hydrogen-bond donors (Lipinski definition) is 10. The second-order valence-corrected chi connectivity index (χ2v) is 16.0. The average molecular weight is 925 g/mol. The number of rotatable bonds is 17. The standard InChI is InChI=1S/C31H28N10O18S3/c1-13(44)32-15-2-3-16(21(10-15)60(49,50)51)34-35-17-11-20(59-7-5-43)18(12-19(17)58-6-4-42)36-37-25-22(61(52,53)54)8-14-9-23(62(55,56)57)26(28(46)24(14)27(25)45)38-40-31-33-29(30(47)48)39-41-31/h2-3,8-12,42-43,45-46H,4-7H2,1H3,(H,32,44)(H,47,48)(H,33,39,41)(H,49,50,51)(H,52,53,54)(H,55,56,57). The first kappa shape index (κ1) is 45.9. The molecule has 62 heavy (non-hydrogen) atoms. The second kappa shape index (κ2) is 18.2. The summed E-state index contributed by atoms with van der Waals surface area (Å²) in [6.07, 6.45) is 0. The molecule has 0 aliphatic heterocycles. The number of aliphatic hydroxyl groups excluding tert-OH is 2. The van der Waals surface area contributed by atoms with E-state index in [-0.39, 0.29) is 22.9 Å². The highest BCUT2D eigenvalue weighted by Gasteiger charge is 2.29. The molecule has 328 valence electrons. The van der Waals surface area contributed by atoms with E-state index in [0.717, 1.165) is 31.2 Å². The zero-order valence-corrected chi connectivity index (χ0v) is 33.3. The molecule has 0 atom stereocenters. The van der Waals surface area contributed by atoms with Crippen molar-refractivity contribution in [3.05, 3.63) is 48.3 Å². The van der Waals surface area contributed by atoms with E-state index in [1.165, 1.54) is 6.07 Å². The molecule has 0 aliphatic carbocycles. The SMILES string of the molecule is CC(=O)Nc1ccc(N=Nc2cc(OCCO)c(N=Nc3c(S(=O)(=O)O)cc4cc(S(=O)(=O)O)c(N=Nc5nnc(C(=O)O)[nH]5)c(O)c4c3O)cc2OCCO)c(S(=O)(=O)O)c1. The van der Waals surface area contributed by atoms with E-state index >= 15 is 0 Å². The Kier molecular flexibility index (Phi) is 13.5. The van der Waals surface area contributed by atoms with Gasteiger partial charge in [-0.05, 0) is 35.7 Å². The van der Waals surface area contributed by atoms with Gasteiger partial charge in [0.25, 0.3) is 36.3 Å². The van der Waals surface area contributed by atoms with Crippen molar-refractivity contribution in [2.45, 2.75) is 21.6 Å². The molecule has 1 heterocycles. The first-order valence-electron chi connectivity index (χ1n) is 16.5. The van der Waals surface area contributed by atoms with Crippen LogP contribution in [0.1, 0.15) is 17.5 Å². The van der Waals surface area contributed by atoms with Gasteiger partial charge in [-0.25, -0.2) is 4.79 Å². The van der Waals surface area contributed by atoms with Crippen molar-refractivity contribution >= 4 is 93.1 Å². The van der Waals surface area contributed by atoms with E-state index < -0.39 is 140 Å². The number of aromatic hydroxyl groups is 2. The van der Waals surface area contributed by atoms with Crippen LogP contribution in [-0.4, -0.2) is 118 Å². The van der Waals surface area contributed by atoms with Crippen LogP contribution in [0.5, 0.6) is 23.0 Å². The Morgan fingerprint density at radius 1 is 0.677 bits per heavy atom. The molecule has 0 aliphatic rings. The summed E-state index contributed by atoms with van der Waals surface area (Å²) in [5.41, 5.74) is -3.39. The van der Waals surface area contributed by atoms with Crippen LogP contribution in [0, 0.1) is 0 Å². The number of carboxylic acids is 1. The number of amides is 1. The number of nitrogens with zero attached hydrogens (tertiary/aromatic N) is 8. The van der Waals surface area contributed by atoms with Crippen LogP contribution in [0.15, 0.2) is 87.8 Å². The third kappa shape index (κ3) is 10.6. The highest BCUT2D eigenvalue weighted by Crippen LogP contribution is 2.51. The van der Waals surface area contributed by atoms with Gasteiger partial charge in [-0.2, -0.15) is 25.3 Å². The van der Waals surface area contributed by atoms with Crippen molar-refractivity contribution < 1.29 is 83.5 Å². The Hall–Kier alpha value is -7.13. The lowest BCUT2D eigenvalue weighted by Gasteiger charge is -2.14. The summed E-state index contributed by atoms with van der Waals surface area (Å²) >= 11 is 0. The summed E-state index contributed by atoms with van der Waals surface area (Å²) in [5, 5.41) is 80.3. The third-order valence-corrected chi connectivity index (χ3v) is 10.2. The molecule has 5 rings (SSSR count). The minimum atomic E-state index is -5.42. The maximum Gasteiger partial charge on any atom is 0.373 e. The van der Waals surface area contributed by atoms with Gasteiger partial charge >= 0.3 is 5.97 Å². The number of carboxylic acid groups (broad SMARTS) is 1. The summed E-state index contributed by atoms with van der Waals surface area (Å²) in [4.78, 5) is 21.5. The Morgan fingerprint density at radius 2 is 1.16 bits per heavy atom. The van der Waals surface area contributed by atoms with E-state index in [9.17, 15) is 68.9 Å². The normalized spacial score (nSPS) is 12.5. The maximum atomic E-state index is 12.6. The fourth-order valence-electron chi connectivity index (χ4n) is 5.07. The van der Waals surface area contributed by atoms with Crippen LogP contribution in [0.4, 0.5) is 40.1 Å². The zero-order chi connectivity index (χ0) is 45.7. The summed E-state index contributed by atoms with van der Waals surface area (Å²) in [6, 6.07) is 6.30. The molecule has 0 fully saturated rings. The Morgan fingerprint density at radius 3 is 1.61 bits per heavy atom. The molecule has 0 spiro atoms. The minimum Gasteiger partial charge on any atom is -0.505 e. The minimum absolute atomic E-state index is 0.0236. The molecule has 0 radical (unpaired) electrons. The Balaban J connectivity index is 1.70. The number of carbonyl (C=O) groups is 2. The quantitative estimate of drug-likeness (QED) is 0.0469. The molecule has 1 aromatic heterocycles. The van der Waals surface area contributed by atoms with Crippen LogP contribution in [0.25, 0.3) is 10.8 Å². The second-order valence-electron chi connectivity index (χ2n) is 11.9. The van der Waals surface area contributed by atoms with Crippen LogP contribution < -0.4 is 14.8 Å². The zero-order valence-electron chi connectivity index (χ0n) is 30.8. The number of nitrogens with one attached hydrogen (secondary N) is 2. The van der Waals surface area contributed by atoms with Crippen LogP contribution in [0.2, 0.25) is 0 Å². The first-order chi connectivity index (χ1) is 29.0. The summed E-state index contributed by atoms with van der Waals surface area (Å²) in [7, 11) is -15.7. The molecular weight excluding hydrogens is 897 g/mol. The molecule has 0 bridgehead atoms. The highest BCUT2D eigenvalue weighted by molar-refractivity contribution is 7.86. The van der Waals surface area contributed by atoms with Crippen molar-refractivity contribution in [3.8, 4) is 23.0 Å². The van der Waals surface area contributed by atoms with E-state index in [1.807, 2.05) is 0 Å². The number of ether oxygens (including phenoxy) is 2. The molecule has 5 aromatic rings. The third-order valence-electron chi connectivity index (χ3n) is 7.55. The molecule has 0 saturated carbocycles. The van der Waals surface area contributed by atoms with Gasteiger partial charge in [-0.1, -0.05) is 0 Å². The molecule has 0 saturated heterocycles. The number of azo groups is 3. The lowest BCUT2D eigenvalue weighted by molar-refractivity contribution is -0.114. The highest BCUT2D eigenvalue weighted by atomic mass is 32.2. The number of benzene rings is 4. The lowest BCUT2D eigenvalue weighted by Crippen LogP contribution is -2.07. The van der Waals surface area contributed by atoms with Gasteiger partial charge in [0.05, 0.1) is 18.6 Å². The first-order valence-corrected chi connectivity index (χ1v) is 20.8. The lowest BCUT2D eigenvalue weighted by atomic mass is 10.1. The van der Waals surface area contributed by atoms with Gasteiger partial charge in [-0.15, -0.1) is 40.9 Å². The van der Waals surface area contributed by atoms with E-state index in [4.69, 9.17) is 14.6 Å². The average Bonchev–Trinajstić information content (AvgIpc) is 3.66. The number of fused-ring (bicyclic) bond motifs is 1. The molecule has 31 heteroatoms. The smallest absolute Gasteiger partial charge is 0.373 e. The summed E-state index contributed by atoms with van der Waals surface area (Å²) in [5.74, 6) is -6.75. The number of carbonyl (C=O) groups excluding carboxylic acids is 1. The van der Waals surface area contributed by atoms with Crippen molar-refractivity contribution in [1.29, 1.82) is 0 Å². The van der Waals surface area contributed by atoms with Gasteiger partial charge in [0.15, 0.2) is 11.5 Å². The molecule has 10 N–H and O–H groups in total. The van der Waals surface area contributed by atoms with Crippen molar-refractivity contribution in [3.63, 3.8) is 0 Å². The maximum absolute atomic E-state index is 12.6. The number of H-pyrrole nitrogens is 1. The fourth-order valence-corrected chi connectivity index (χ4v) is 7.04. The Labute approximate surface area is 346 Å². The van der Waals surface area contributed by atoms with Crippen molar-refractivity contribution in [2.24, 2.45) is 30.7 Å². The summed E-state index contributed by atoms with van der Waals surface area (Å²) in [6.45, 7) is -0.899. The van der Waals surface area contributed by atoms with E-state index in [2.05, 4.69) is 51.2 Å². The largest absolute Gasteiger partial charge is 0.505 e. The monoisotopic (exact) mass is 924 g/mol. The number of phenols is 2. The van der Waals surface area contributed by atoms with E-state index in [1.54, 1.807) is 0 Å². The van der Waals surface area contributed by atoms with Crippen LogP contribution in [-0.2, 0) is 35.1 Å². The predicted octanol–water partition coefficient (Wildman–Crippen LogP) is 3.75. The number of aromatic nitrogens is 3. The molecule has 1 amide bonds. The molecular formula is C31H28N10O18S3. The van der Waals surface area contributed by atoms with Gasteiger partial charge < -0.3 is 40.3 Å². The van der Waals surface area contributed by atoms with Gasteiger partial charge in [0.1, 0.15) is 67.8 Å². The van der Waals surface area contributed by atoms with Crippen LogP contribution in [0.3, 0.4) is 0 Å². The topological polar surface area (TPSA) is 445 Å². The number of aliphatic hydroxyl groups is 2. The van der Waals surface area contributed by atoms with Crippen molar-refractivity contribution in [2.75, 3.05) is 31.7 Å². The number of anilines is 1. The molecule has 4 aromatic carbocycles. The molecule has 28 nitrogen and oxygen atoms in total. The number of phenolic OH excluding ortho intramolecular Hbond substituents is 2. The molecule has 0 unspecified atom stereocenters. The Bertz CT molecular complexity index is 3050.